The normalized spacial score (nSPS) is 19.6. The minimum Gasteiger partial charge on any atom is -0.513 e. The van der Waals surface area contributed by atoms with Gasteiger partial charge < -0.3 is 29.2 Å². The molecule has 1 aromatic rings. The molecule has 8 heteroatoms. The van der Waals surface area contributed by atoms with E-state index in [9.17, 15) is 10.2 Å². The maximum atomic E-state index is 9.84. The van der Waals surface area contributed by atoms with Crippen molar-refractivity contribution in [2.24, 2.45) is 10.9 Å². The van der Waals surface area contributed by atoms with Crippen LogP contribution in [0.3, 0.4) is 0 Å². The molecule has 1 heterocycles. The Hall–Kier alpha value is -2.13. The minimum atomic E-state index is -0.543. The fraction of sp³-hybridized carbons (Fsp3) is 0.609. The predicted molar refractivity (Wildman–Crippen MR) is 120 cm³/mol. The Morgan fingerprint density at radius 2 is 2.10 bits per heavy atom. The number of nitrogens with one attached hydrogen (secondary N) is 1. The van der Waals surface area contributed by atoms with Gasteiger partial charge in [-0.25, -0.2) is 0 Å². The minimum absolute atomic E-state index is 0.0764. The van der Waals surface area contributed by atoms with Gasteiger partial charge in [-0.15, -0.1) is 0 Å². The molecule has 0 saturated carbocycles. The van der Waals surface area contributed by atoms with Gasteiger partial charge in [-0.3, -0.25) is 10.3 Å². The summed E-state index contributed by atoms with van der Waals surface area (Å²) in [6.45, 7) is 10.4. The van der Waals surface area contributed by atoms with Crippen LogP contribution < -0.4 is 10.1 Å². The van der Waals surface area contributed by atoms with E-state index in [-0.39, 0.29) is 23.8 Å². The van der Waals surface area contributed by atoms with Crippen molar-refractivity contribution in [1.29, 1.82) is 0 Å². The van der Waals surface area contributed by atoms with Gasteiger partial charge >= 0.3 is 0 Å². The molecule has 3 N–H and O–H groups in total. The number of aliphatic hydroxyl groups is 2. The summed E-state index contributed by atoms with van der Waals surface area (Å²) in [6, 6.07) is 7.75. The van der Waals surface area contributed by atoms with Gasteiger partial charge in [0.25, 0.3) is 0 Å². The molecule has 1 fully saturated rings. The first-order chi connectivity index (χ1) is 15.0. The molecule has 1 aliphatic heterocycles. The summed E-state index contributed by atoms with van der Waals surface area (Å²) in [5.74, 6) is 0.712. The summed E-state index contributed by atoms with van der Waals surface area (Å²) in [5, 5.41) is 21.9. The van der Waals surface area contributed by atoms with E-state index in [1.54, 1.807) is 6.92 Å². The Labute approximate surface area is 184 Å². The van der Waals surface area contributed by atoms with Crippen LogP contribution in [0.15, 0.2) is 41.6 Å². The van der Waals surface area contributed by atoms with Crippen LogP contribution in [-0.4, -0.2) is 74.6 Å². The van der Waals surface area contributed by atoms with Gasteiger partial charge in [-0.1, -0.05) is 25.6 Å². The van der Waals surface area contributed by atoms with Gasteiger partial charge in [-0.05, 0) is 37.5 Å². The van der Waals surface area contributed by atoms with Crippen LogP contribution in [0.2, 0.25) is 0 Å². The molecule has 174 valence electrons. The van der Waals surface area contributed by atoms with Crippen molar-refractivity contribution in [2.45, 2.75) is 45.1 Å². The lowest BCUT2D eigenvalue weighted by Gasteiger charge is -2.22. The first-order valence-corrected chi connectivity index (χ1v) is 10.8. The average molecular weight is 437 g/mol. The number of benzene rings is 1. The molecule has 4 unspecified atom stereocenters. The molecular weight excluding hydrogens is 400 g/mol. The molecule has 0 amide bonds. The first kappa shape index (κ1) is 25.1. The summed E-state index contributed by atoms with van der Waals surface area (Å²) in [7, 11) is 0. The monoisotopic (exact) mass is 436 g/mol. The van der Waals surface area contributed by atoms with E-state index in [4.69, 9.17) is 18.9 Å². The molecule has 2 rings (SSSR count). The van der Waals surface area contributed by atoms with Crippen molar-refractivity contribution in [3.63, 3.8) is 0 Å². The molecule has 8 nitrogen and oxygen atoms in total. The van der Waals surface area contributed by atoms with Gasteiger partial charge in [0.1, 0.15) is 31.3 Å². The van der Waals surface area contributed by atoms with Crippen LogP contribution in [0.1, 0.15) is 25.8 Å². The van der Waals surface area contributed by atoms with Crippen molar-refractivity contribution in [2.75, 3.05) is 39.6 Å². The number of hydrogen-bond donors (Lipinski definition) is 3. The Morgan fingerprint density at radius 3 is 2.74 bits per heavy atom. The SMILES string of the molecule is C=C(O)C(C)C(CCc1ccc(OCCNC(C)O)cc1)N=COCC1COCCO1. The molecule has 4 atom stereocenters. The zero-order chi connectivity index (χ0) is 22.5. The maximum absolute atomic E-state index is 9.84. The number of nitrogens with zero attached hydrogens (tertiary/aromatic N) is 1. The number of rotatable bonds is 14. The van der Waals surface area contributed by atoms with Crippen molar-refractivity contribution in [3.05, 3.63) is 42.2 Å². The molecule has 0 spiro atoms. The summed E-state index contributed by atoms with van der Waals surface area (Å²) < 4.78 is 22.0. The second kappa shape index (κ2) is 14.0. The van der Waals surface area contributed by atoms with Crippen LogP contribution in [0.5, 0.6) is 5.75 Å². The lowest BCUT2D eigenvalue weighted by Crippen LogP contribution is -2.32. The van der Waals surface area contributed by atoms with Gasteiger partial charge in [-0.2, -0.15) is 0 Å². The van der Waals surface area contributed by atoms with E-state index < -0.39 is 6.23 Å². The molecule has 0 aliphatic carbocycles. The van der Waals surface area contributed by atoms with E-state index in [1.165, 1.54) is 6.40 Å². The van der Waals surface area contributed by atoms with Crippen molar-refractivity contribution < 1.29 is 29.2 Å². The summed E-state index contributed by atoms with van der Waals surface area (Å²) in [5.41, 5.74) is 1.15. The third-order valence-electron chi connectivity index (χ3n) is 5.06. The molecule has 1 saturated heterocycles. The largest absolute Gasteiger partial charge is 0.513 e. The Bertz CT molecular complexity index is 659. The molecule has 0 bridgehead atoms. The van der Waals surface area contributed by atoms with Crippen LogP contribution >= 0.6 is 0 Å². The van der Waals surface area contributed by atoms with E-state index in [1.807, 2.05) is 31.2 Å². The summed E-state index contributed by atoms with van der Waals surface area (Å²) in [6.07, 6.45) is 2.36. The zero-order valence-electron chi connectivity index (χ0n) is 18.5. The van der Waals surface area contributed by atoms with Gasteiger partial charge in [0.2, 0.25) is 0 Å². The number of aryl methyl sites for hydroxylation is 1. The van der Waals surface area contributed by atoms with Crippen LogP contribution in [0, 0.1) is 5.92 Å². The number of ether oxygens (including phenoxy) is 4. The van der Waals surface area contributed by atoms with Crippen LogP contribution in [0.25, 0.3) is 0 Å². The topological polar surface area (TPSA) is 102 Å². The maximum Gasteiger partial charge on any atom is 0.169 e. The van der Waals surface area contributed by atoms with E-state index >= 15 is 0 Å². The number of hydrogen-bond acceptors (Lipinski definition) is 8. The molecule has 31 heavy (non-hydrogen) atoms. The molecule has 0 radical (unpaired) electrons. The lowest BCUT2D eigenvalue weighted by atomic mass is 9.94. The molecular formula is C23H36N2O6. The smallest absolute Gasteiger partial charge is 0.169 e. The van der Waals surface area contributed by atoms with Crippen molar-refractivity contribution >= 4 is 6.40 Å². The van der Waals surface area contributed by atoms with E-state index in [2.05, 4.69) is 16.9 Å². The number of aliphatic hydroxyl groups excluding tert-OH is 2. The Kier molecular flexibility index (Phi) is 11.4. The molecule has 1 aromatic carbocycles. The Balaban J connectivity index is 1.79. The quantitative estimate of drug-likeness (QED) is 0.135. The molecule has 0 aromatic heterocycles. The Morgan fingerprint density at radius 1 is 1.32 bits per heavy atom. The van der Waals surface area contributed by atoms with Gasteiger partial charge in [0.05, 0.1) is 31.6 Å². The zero-order valence-corrected chi connectivity index (χ0v) is 18.5. The highest BCUT2D eigenvalue weighted by Gasteiger charge is 2.19. The van der Waals surface area contributed by atoms with Crippen LogP contribution in [-0.2, 0) is 20.6 Å². The number of aliphatic imine (C=N–C) groups is 1. The highest BCUT2D eigenvalue weighted by Crippen LogP contribution is 2.20. The van der Waals surface area contributed by atoms with Crippen molar-refractivity contribution in [1.82, 2.24) is 5.32 Å². The summed E-state index contributed by atoms with van der Waals surface area (Å²) >= 11 is 0. The fourth-order valence-electron chi connectivity index (χ4n) is 3.08. The second-order valence-electron chi connectivity index (χ2n) is 7.66. The molecule has 1 aliphatic rings. The van der Waals surface area contributed by atoms with Crippen molar-refractivity contribution in [3.8, 4) is 5.75 Å². The highest BCUT2D eigenvalue weighted by molar-refractivity contribution is 5.47. The third kappa shape index (κ3) is 10.1. The van der Waals surface area contributed by atoms with Crippen LogP contribution in [0.4, 0.5) is 0 Å². The fourth-order valence-corrected chi connectivity index (χ4v) is 3.08. The second-order valence-corrected chi connectivity index (χ2v) is 7.66. The average Bonchev–Trinajstić information content (AvgIpc) is 2.77. The van der Waals surface area contributed by atoms with Gasteiger partial charge in [0, 0.05) is 12.5 Å². The standard InChI is InChI=1S/C23H36N2O6/c1-17(18(2)26)23(25-16-29-15-22-14-28-12-13-31-22)9-6-20-4-7-21(8-5-20)30-11-10-24-19(3)27/h4-5,7-8,16-17,19,22-24,26-27H,2,6,9-15H2,1,3H3. The first-order valence-electron chi connectivity index (χ1n) is 10.8. The predicted octanol–water partition coefficient (Wildman–Crippen LogP) is 2.46. The lowest BCUT2D eigenvalue weighted by molar-refractivity contribution is -0.102. The summed E-state index contributed by atoms with van der Waals surface area (Å²) in [4.78, 5) is 4.51. The van der Waals surface area contributed by atoms with Gasteiger partial charge in [0.15, 0.2) is 6.40 Å². The van der Waals surface area contributed by atoms with E-state index in [0.29, 0.717) is 39.6 Å². The van der Waals surface area contributed by atoms with E-state index in [0.717, 1.165) is 24.2 Å². The third-order valence-corrected chi connectivity index (χ3v) is 5.06. The highest BCUT2D eigenvalue weighted by atomic mass is 16.6.